The van der Waals surface area contributed by atoms with Crippen molar-refractivity contribution in [3.63, 3.8) is 0 Å². The normalized spacial score (nSPS) is 11.6. The molecule has 20 nitrogen and oxygen atoms in total. The van der Waals surface area contributed by atoms with E-state index in [1.54, 1.807) is 34.0 Å². The van der Waals surface area contributed by atoms with Gasteiger partial charge in [-0.3, -0.25) is 9.59 Å². The number of rotatable bonds is 9. The maximum atomic E-state index is 12.0. The van der Waals surface area contributed by atoms with Crippen molar-refractivity contribution >= 4 is 52.7 Å². The van der Waals surface area contributed by atoms with E-state index in [9.17, 15) is 14.4 Å². The summed E-state index contributed by atoms with van der Waals surface area (Å²) in [6, 6.07) is 1.55. The van der Waals surface area contributed by atoms with E-state index >= 15 is 0 Å². The number of aryl methyl sites for hydroxylation is 4. The first-order valence-electron chi connectivity index (χ1n) is 12.5. The van der Waals surface area contributed by atoms with E-state index in [0.717, 1.165) is 0 Å². The number of ketones is 1. The zero-order valence-corrected chi connectivity index (χ0v) is 23.9. The molecule has 0 aliphatic heterocycles. The van der Waals surface area contributed by atoms with Crippen molar-refractivity contribution < 1.29 is 19.1 Å². The van der Waals surface area contributed by atoms with Gasteiger partial charge in [-0.15, -0.1) is 20.5 Å². The molecule has 0 amide bonds. The molecule has 0 bridgehead atoms. The maximum absolute atomic E-state index is 12.0. The number of hydrogen-bond acceptors (Lipinski definition) is 16. The standard InChI is InChI=1S/C24H24N16O4/c1-11-17(31-33-21-13(15(42)10-41)8-28-37(21)3)19(25)39(35-11)16-6-7-27-24(30-16)40-20(26)18(12(2)36-40)32-34-22-14(23(43)44-5)9-29-38(22)4/h6-10H,25-26H2,1-5H3. The number of anilines is 2. The zero-order chi connectivity index (χ0) is 31.7. The Hall–Kier alpha value is -6.47. The molecule has 0 unspecified atom stereocenters. The Bertz CT molecular complexity index is 1990. The van der Waals surface area contributed by atoms with Gasteiger partial charge in [0.25, 0.3) is 5.95 Å². The molecule has 4 N–H and O–H groups in total. The van der Waals surface area contributed by atoms with Crippen LogP contribution in [0.1, 0.15) is 32.1 Å². The van der Waals surface area contributed by atoms with Crippen LogP contribution < -0.4 is 11.5 Å². The van der Waals surface area contributed by atoms with Gasteiger partial charge < -0.3 is 16.2 Å². The molecule has 0 aromatic carbocycles. The number of esters is 1. The van der Waals surface area contributed by atoms with Gasteiger partial charge in [0.1, 0.15) is 5.56 Å². The number of aldehydes is 1. The summed E-state index contributed by atoms with van der Waals surface area (Å²) in [5, 5.41) is 33.4. The van der Waals surface area contributed by atoms with E-state index < -0.39 is 11.8 Å². The van der Waals surface area contributed by atoms with E-state index in [4.69, 9.17) is 16.2 Å². The molecular formula is C24H24N16O4. The van der Waals surface area contributed by atoms with Crippen molar-refractivity contribution in [3.05, 3.63) is 47.2 Å². The number of nitrogens with two attached hydrogens (primary N) is 2. The van der Waals surface area contributed by atoms with Crippen molar-refractivity contribution in [1.82, 2.24) is 49.1 Å². The molecule has 44 heavy (non-hydrogen) atoms. The first-order valence-corrected chi connectivity index (χ1v) is 12.5. The minimum Gasteiger partial charge on any atom is -0.465 e. The van der Waals surface area contributed by atoms with Crippen LogP contribution in [0.3, 0.4) is 0 Å². The molecule has 224 valence electrons. The Morgan fingerprint density at radius 3 is 2.00 bits per heavy atom. The van der Waals surface area contributed by atoms with Crippen molar-refractivity contribution in [3.8, 4) is 11.8 Å². The van der Waals surface area contributed by atoms with Gasteiger partial charge in [0, 0.05) is 26.4 Å². The SMILES string of the molecule is COC(=O)c1cnn(C)c1N=Nc1c(C)nn(-c2nccc(-n3nc(C)c(N=Nc4c(C(=O)C=O)cnn4C)c3N)n2)c1N. The summed E-state index contributed by atoms with van der Waals surface area (Å²) < 4.78 is 10.0. The average molecular weight is 601 g/mol. The second kappa shape index (κ2) is 11.4. The van der Waals surface area contributed by atoms with Crippen LogP contribution in [0.2, 0.25) is 0 Å². The molecule has 5 rings (SSSR count). The Balaban J connectivity index is 1.47. The first kappa shape index (κ1) is 29.0. The number of Topliss-reactive ketones (excluding diaryl/α,β-unsaturated/α-hetero) is 1. The first-order chi connectivity index (χ1) is 21.0. The summed E-state index contributed by atoms with van der Waals surface area (Å²) >= 11 is 0. The molecule has 5 heterocycles. The summed E-state index contributed by atoms with van der Waals surface area (Å²) in [6.07, 6.45) is 4.17. The molecule has 0 radical (unpaired) electrons. The Labute approximate surface area is 247 Å². The maximum Gasteiger partial charge on any atom is 0.343 e. The summed E-state index contributed by atoms with van der Waals surface area (Å²) in [5.41, 5.74) is 14.0. The van der Waals surface area contributed by atoms with Crippen LogP contribution in [0.15, 0.2) is 45.1 Å². The van der Waals surface area contributed by atoms with Crippen molar-refractivity contribution in [2.24, 2.45) is 34.6 Å². The molecule has 20 heteroatoms. The second-order valence-electron chi connectivity index (χ2n) is 9.06. The monoisotopic (exact) mass is 600 g/mol. The molecule has 5 aromatic heterocycles. The molecule has 0 aliphatic carbocycles. The summed E-state index contributed by atoms with van der Waals surface area (Å²) in [5.74, 6) is -0.703. The highest BCUT2D eigenvalue weighted by Crippen LogP contribution is 2.33. The van der Waals surface area contributed by atoms with Crippen LogP contribution in [0.5, 0.6) is 0 Å². The number of ether oxygens (including phenoxy) is 1. The van der Waals surface area contributed by atoms with Gasteiger partial charge in [0.2, 0.25) is 5.78 Å². The predicted octanol–water partition coefficient (Wildman–Crippen LogP) is 2.10. The Kier molecular flexibility index (Phi) is 7.54. The van der Waals surface area contributed by atoms with Crippen molar-refractivity contribution in [2.45, 2.75) is 13.8 Å². The number of nitrogens with zero attached hydrogens (tertiary/aromatic N) is 14. The quantitative estimate of drug-likeness (QED) is 0.0810. The van der Waals surface area contributed by atoms with Crippen LogP contribution in [0, 0.1) is 13.8 Å². The topological polar surface area (TPSA) is 259 Å². The number of nitrogen functional groups attached to an aromatic ring is 2. The number of carbonyl (C=O) groups is 3. The van der Waals surface area contributed by atoms with Crippen LogP contribution in [-0.2, 0) is 23.6 Å². The highest BCUT2D eigenvalue weighted by Gasteiger charge is 2.21. The third kappa shape index (κ3) is 5.06. The van der Waals surface area contributed by atoms with Crippen LogP contribution in [0.25, 0.3) is 11.8 Å². The van der Waals surface area contributed by atoms with E-state index in [-0.39, 0.29) is 63.8 Å². The predicted molar refractivity (Wildman–Crippen MR) is 151 cm³/mol. The Morgan fingerprint density at radius 2 is 1.41 bits per heavy atom. The molecular weight excluding hydrogens is 576 g/mol. The lowest BCUT2D eigenvalue weighted by atomic mass is 10.2. The summed E-state index contributed by atoms with van der Waals surface area (Å²) in [4.78, 5) is 43.7. The lowest BCUT2D eigenvalue weighted by Gasteiger charge is -2.06. The van der Waals surface area contributed by atoms with Crippen LogP contribution in [0.4, 0.5) is 34.6 Å². The van der Waals surface area contributed by atoms with E-state index in [2.05, 4.69) is 50.8 Å². The third-order valence-corrected chi connectivity index (χ3v) is 6.24. The summed E-state index contributed by atoms with van der Waals surface area (Å²) in [7, 11) is 4.39. The molecule has 0 fully saturated rings. The highest BCUT2D eigenvalue weighted by atomic mass is 16.5. The number of azo groups is 2. The van der Waals surface area contributed by atoms with Gasteiger partial charge in [-0.1, -0.05) is 0 Å². The molecule has 0 saturated carbocycles. The van der Waals surface area contributed by atoms with Gasteiger partial charge in [0.15, 0.2) is 46.8 Å². The molecule has 5 aromatic rings. The van der Waals surface area contributed by atoms with Gasteiger partial charge in [0.05, 0.1) is 36.5 Å². The van der Waals surface area contributed by atoms with Gasteiger partial charge in [-0.2, -0.15) is 34.7 Å². The van der Waals surface area contributed by atoms with Gasteiger partial charge in [-0.05, 0) is 13.8 Å². The number of methoxy groups -OCH3 is 1. The van der Waals surface area contributed by atoms with Gasteiger partial charge >= 0.3 is 5.97 Å². The van der Waals surface area contributed by atoms with E-state index in [1.807, 2.05) is 0 Å². The zero-order valence-electron chi connectivity index (χ0n) is 23.9. The molecule has 0 saturated heterocycles. The van der Waals surface area contributed by atoms with Crippen molar-refractivity contribution in [1.29, 1.82) is 0 Å². The van der Waals surface area contributed by atoms with Crippen molar-refractivity contribution in [2.75, 3.05) is 18.6 Å². The molecule has 0 spiro atoms. The smallest absolute Gasteiger partial charge is 0.343 e. The molecule has 0 aliphatic rings. The second-order valence-corrected chi connectivity index (χ2v) is 9.06. The fourth-order valence-electron chi connectivity index (χ4n) is 3.99. The third-order valence-electron chi connectivity index (χ3n) is 6.24. The lowest BCUT2D eigenvalue weighted by molar-refractivity contribution is -0.104. The number of carbonyl (C=O) groups excluding carboxylic acids is 3. The minimum absolute atomic E-state index is 0.00876. The van der Waals surface area contributed by atoms with Gasteiger partial charge in [-0.25, -0.2) is 19.1 Å². The van der Waals surface area contributed by atoms with Crippen LogP contribution in [-0.4, -0.2) is 74.2 Å². The number of hydrogen-bond donors (Lipinski definition) is 2. The minimum atomic E-state index is -0.790. The van der Waals surface area contributed by atoms with Crippen LogP contribution >= 0.6 is 0 Å². The molecule has 0 atom stereocenters. The fourth-order valence-corrected chi connectivity index (χ4v) is 3.99. The van der Waals surface area contributed by atoms with E-state index in [1.165, 1.54) is 44.4 Å². The van der Waals surface area contributed by atoms with E-state index in [0.29, 0.717) is 11.4 Å². The average Bonchev–Trinajstić information content (AvgIpc) is 3.74. The Morgan fingerprint density at radius 1 is 0.864 bits per heavy atom. The highest BCUT2D eigenvalue weighted by molar-refractivity contribution is 6.34. The largest absolute Gasteiger partial charge is 0.465 e. The lowest BCUT2D eigenvalue weighted by Crippen LogP contribution is -2.10. The number of aromatic nitrogens is 10. The summed E-state index contributed by atoms with van der Waals surface area (Å²) in [6.45, 7) is 3.32. The fraction of sp³-hybridized carbons (Fsp3) is 0.208.